The molecule has 1 aromatic rings. The number of carbonyl (C=O) groups excluding carboxylic acids is 1. The molecule has 0 radical (unpaired) electrons. The summed E-state index contributed by atoms with van der Waals surface area (Å²) in [6.45, 7) is 3.50. The number of carbonyl (C=O) groups is 1. The van der Waals surface area contributed by atoms with E-state index in [9.17, 15) is 4.79 Å². The van der Waals surface area contributed by atoms with Gasteiger partial charge in [-0.2, -0.15) is 0 Å². The summed E-state index contributed by atoms with van der Waals surface area (Å²) in [5, 5.41) is 4.06. The zero-order chi connectivity index (χ0) is 15.2. The quantitative estimate of drug-likeness (QED) is 0.849. The molecule has 0 saturated carbocycles. The van der Waals surface area contributed by atoms with Gasteiger partial charge in [0.15, 0.2) is 0 Å². The number of nitrogens with one attached hydrogen (secondary N) is 1. The van der Waals surface area contributed by atoms with Crippen LogP contribution in [0.2, 0.25) is 10.0 Å². The molecule has 1 heterocycles. The van der Waals surface area contributed by atoms with Crippen molar-refractivity contribution in [1.82, 2.24) is 4.90 Å². The van der Waals surface area contributed by atoms with E-state index in [1.807, 2.05) is 6.92 Å². The van der Waals surface area contributed by atoms with Crippen molar-refractivity contribution in [2.45, 2.75) is 19.8 Å². The van der Waals surface area contributed by atoms with Gasteiger partial charge in [0.05, 0.1) is 30.4 Å². The standard InChI is InChI=1S/C14H17Cl2N3O2/c1-2-3-8-21-14(20)19-7-6-17-13(19)18-12-5-4-10(15)9-11(12)16/h4-5,9H,2-3,6-8H2,1H3,(H,17,18). The largest absolute Gasteiger partial charge is 0.449 e. The van der Waals surface area contributed by atoms with Crippen molar-refractivity contribution < 1.29 is 9.53 Å². The highest BCUT2D eigenvalue weighted by molar-refractivity contribution is 6.36. The van der Waals surface area contributed by atoms with Crippen LogP contribution in [-0.4, -0.2) is 36.6 Å². The van der Waals surface area contributed by atoms with E-state index >= 15 is 0 Å². The van der Waals surface area contributed by atoms with Crippen LogP contribution in [0.4, 0.5) is 10.5 Å². The van der Waals surface area contributed by atoms with Crippen LogP contribution in [0.15, 0.2) is 23.2 Å². The fourth-order valence-corrected chi connectivity index (χ4v) is 2.28. The molecule has 2 rings (SSSR count). The number of ether oxygens (including phenoxy) is 1. The van der Waals surface area contributed by atoms with Crippen LogP contribution in [0.25, 0.3) is 0 Å². The lowest BCUT2D eigenvalue weighted by molar-refractivity contribution is 0.123. The molecule has 1 aliphatic heterocycles. The van der Waals surface area contributed by atoms with Gasteiger partial charge in [-0.05, 0) is 24.6 Å². The van der Waals surface area contributed by atoms with Gasteiger partial charge in [0, 0.05) is 5.02 Å². The van der Waals surface area contributed by atoms with E-state index in [0.717, 1.165) is 12.8 Å². The highest BCUT2D eigenvalue weighted by atomic mass is 35.5. The van der Waals surface area contributed by atoms with Gasteiger partial charge < -0.3 is 10.1 Å². The van der Waals surface area contributed by atoms with Crippen LogP contribution >= 0.6 is 23.2 Å². The van der Waals surface area contributed by atoms with Crippen LogP contribution in [-0.2, 0) is 4.74 Å². The predicted molar refractivity (Wildman–Crippen MR) is 85.3 cm³/mol. The molecule has 7 heteroatoms. The second kappa shape index (κ2) is 7.52. The number of hydrogen-bond acceptors (Lipinski definition) is 4. The fraction of sp³-hybridized carbons (Fsp3) is 0.429. The Labute approximate surface area is 133 Å². The number of guanidine groups is 1. The average Bonchev–Trinajstić information content (AvgIpc) is 2.90. The Hall–Kier alpha value is -1.46. The van der Waals surface area contributed by atoms with Crippen molar-refractivity contribution in [2.75, 3.05) is 25.0 Å². The number of nitrogens with zero attached hydrogens (tertiary/aromatic N) is 2. The Bertz CT molecular complexity index is 549. The predicted octanol–water partition coefficient (Wildman–Crippen LogP) is 4.01. The molecule has 0 aliphatic carbocycles. The van der Waals surface area contributed by atoms with Gasteiger partial charge in [-0.3, -0.25) is 4.99 Å². The minimum absolute atomic E-state index is 0.391. The second-order valence-corrected chi connectivity index (χ2v) is 5.42. The number of rotatable bonds is 4. The van der Waals surface area contributed by atoms with E-state index in [1.54, 1.807) is 18.2 Å². The first kappa shape index (κ1) is 15.9. The molecule has 0 atom stereocenters. The summed E-state index contributed by atoms with van der Waals surface area (Å²) >= 11 is 12.0. The average molecular weight is 330 g/mol. The Morgan fingerprint density at radius 1 is 1.48 bits per heavy atom. The van der Waals surface area contributed by atoms with Gasteiger partial charge >= 0.3 is 6.09 Å². The van der Waals surface area contributed by atoms with Gasteiger partial charge in [-0.15, -0.1) is 0 Å². The number of halogens is 2. The van der Waals surface area contributed by atoms with Gasteiger partial charge in [0.2, 0.25) is 5.96 Å². The van der Waals surface area contributed by atoms with Crippen LogP contribution in [0.1, 0.15) is 19.8 Å². The number of aliphatic imine (C=N–C) groups is 1. The maximum atomic E-state index is 12.0. The molecule has 1 N–H and O–H groups in total. The van der Waals surface area contributed by atoms with E-state index in [0.29, 0.717) is 41.4 Å². The smallest absolute Gasteiger partial charge is 0.416 e. The monoisotopic (exact) mass is 329 g/mol. The highest BCUT2D eigenvalue weighted by Gasteiger charge is 2.25. The van der Waals surface area contributed by atoms with Crippen LogP contribution in [0.5, 0.6) is 0 Å². The zero-order valence-corrected chi connectivity index (χ0v) is 13.2. The SMILES string of the molecule is CCCCOC(=O)N1CCN=C1Nc1ccc(Cl)cc1Cl. The van der Waals surface area contributed by atoms with Crippen molar-refractivity contribution in [3.8, 4) is 0 Å². The van der Waals surface area contributed by atoms with E-state index in [4.69, 9.17) is 27.9 Å². The molecule has 5 nitrogen and oxygen atoms in total. The van der Waals surface area contributed by atoms with Crippen LogP contribution < -0.4 is 5.32 Å². The first-order valence-corrected chi connectivity index (χ1v) is 7.58. The molecule has 21 heavy (non-hydrogen) atoms. The minimum atomic E-state index is -0.391. The van der Waals surface area contributed by atoms with Crippen molar-refractivity contribution in [1.29, 1.82) is 0 Å². The topological polar surface area (TPSA) is 53.9 Å². The highest BCUT2D eigenvalue weighted by Crippen LogP contribution is 2.26. The van der Waals surface area contributed by atoms with Crippen LogP contribution in [0, 0.1) is 0 Å². The fourth-order valence-electron chi connectivity index (χ4n) is 1.82. The minimum Gasteiger partial charge on any atom is -0.449 e. The van der Waals surface area contributed by atoms with Crippen molar-refractivity contribution >= 4 is 40.9 Å². The van der Waals surface area contributed by atoms with Crippen molar-refractivity contribution in [3.05, 3.63) is 28.2 Å². The van der Waals surface area contributed by atoms with Gasteiger partial charge in [-0.25, -0.2) is 9.69 Å². The van der Waals surface area contributed by atoms with Gasteiger partial charge in [-0.1, -0.05) is 36.5 Å². The summed E-state index contributed by atoms with van der Waals surface area (Å²) in [7, 11) is 0. The van der Waals surface area contributed by atoms with E-state index < -0.39 is 6.09 Å². The number of unbranched alkanes of at least 4 members (excludes halogenated alkanes) is 1. The summed E-state index contributed by atoms with van der Waals surface area (Å²) in [5.41, 5.74) is 0.646. The summed E-state index contributed by atoms with van der Waals surface area (Å²) < 4.78 is 5.20. The van der Waals surface area contributed by atoms with E-state index in [1.165, 1.54) is 4.90 Å². The van der Waals surface area contributed by atoms with E-state index in [2.05, 4.69) is 10.3 Å². The van der Waals surface area contributed by atoms with Crippen molar-refractivity contribution in [3.63, 3.8) is 0 Å². The molecule has 114 valence electrons. The molecule has 1 amide bonds. The third-order valence-electron chi connectivity index (χ3n) is 2.96. The lowest BCUT2D eigenvalue weighted by Gasteiger charge is -2.19. The summed E-state index contributed by atoms with van der Waals surface area (Å²) in [6, 6.07) is 5.09. The molecule has 0 spiro atoms. The Morgan fingerprint density at radius 3 is 3.00 bits per heavy atom. The van der Waals surface area contributed by atoms with E-state index in [-0.39, 0.29) is 0 Å². The van der Waals surface area contributed by atoms with Gasteiger partial charge in [0.25, 0.3) is 0 Å². The first-order valence-electron chi connectivity index (χ1n) is 6.82. The molecular weight excluding hydrogens is 313 g/mol. The summed E-state index contributed by atoms with van der Waals surface area (Å²) in [5.74, 6) is 0.445. The number of amides is 1. The molecule has 0 fully saturated rings. The molecule has 1 aliphatic rings. The molecule has 0 aromatic heterocycles. The lowest BCUT2D eigenvalue weighted by Crippen LogP contribution is -2.38. The van der Waals surface area contributed by atoms with Gasteiger partial charge in [0.1, 0.15) is 0 Å². The maximum absolute atomic E-state index is 12.0. The third kappa shape index (κ3) is 4.25. The van der Waals surface area contributed by atoms with Crippen molar-refractivity contribution in [2.24, 2.45) is 4.99 Å². The Kier molecular flexibility index (Phi) is 5.70. The number of benzene rings is 1. The van der Waals surface area contributed by atoms with Crippen LogP contribution in [0.3, 0.4) is 0 Å². The summed E-state index contributed by atoms with van der Waals surface area (Å²) in [6.07, 6.45) is 1.44. The molecular formula is C14H17Cl2N3O2. The Balaban J connectivity index is 2.00. The molecule has 0 bridgehead atoms. The molecule has 0 unspecified atom stereocenters. The Morgan fingerprint density at radius 2 is 2.29 bits per heavy atom. The maximum Gasteiger partial charge on any atom is 0.416 e. The molecule has 0 saturated heterocycles. The lowest BCUT2D eigenvalue weighted by atomic mass is 10.3. The number of anilines is 1. The third-order valence-corrected chi connectivity index (χ3v) is 3.51. The molecule has 1 aromatic carbocycles. The second-order valence-electron chi connectivity index (χ2n) is 4.57. The first-order chi connectivity index (χ1) is 10.1. The summed E-state index contributed by atoms with van der Waals surface area (Å²) in [4.78, 5) is 17.7. The zero-order valence-electron chi connectivity index (χ0n) is 11.7. The normalized spacial score (nSPS) is 14.0. The number of hydrogen-bond donors (Lipinski definition) is 1.